The standard InChI is InChI=1S/C21H19NO5S/c1-2-26-19(23)14-27-17-10-8-15(9-11-17)12-18-20(24)22(21(25)28-18)13-16-6-4-3-5-7-16/h3-12H,2,13-14H2,1H3/b18-12-. The molecule has 0 unspecified atom stereocenters. The fraction of sp³-hybridized carbons (Fsp3) is 0.190. The van der Waals surface area contributed by atoms with E-state index < -0.39 is 5.97 Å². The Balaban J connectivity index is 1.64. The molecule has 1 fully saturated rings. The van der Waals surface area contributed by atoms with E-state index >= 15 is 0 Å². The molecule has 0 saturated carbocycles. The summed E-state index contributed by atoms with van der Waals surface area (Å²) in [7, 11) is 0. The summed E-state index contributed by atoms with van der Waals surface area (Å²) in [6.07, 6.45) is 1.67. The summed E-state index contributed by atoms with van der Waals surface area (Å²) in [6, 6.07) is 16.3. The van der Waals surface area contributed by atoms with E-state index in [1.165, 1.54) is 4.90 Å². The van der Waals surface area contributed by atoms with Gasteiger partial charge in [0.1, 0.15) is 5.75 Å². The van der Waals surface area contributed by atoms with Gasteiger partial charge >= 0.3 is 5.97 Å². The van der Waals surface area contributed by atoms with Crippen LogP contribution < -0.4 is 4.74 Å². The first-order valence-electron chi connectivity index (χ1n) is 8.74. The Morgan fingerprint density at radius 1 is 1.07 bits per heavy atom. The van der Waals surface area contributed by atoms with E-state index in [-0.39, 0.29) is 24.3 Å². The number of benzene rings is 2. The third-order valence-electron chi connectivity index (χ3n) is 3.90. The van der Waals surface area contributed by atoms with Crippen molar-refractivity contribution in [2.75, 3.05) is 13.2 Å². The lowest BCUT2D eigenvalue weighted by atomic mass is 10.2. The Labute approximate surface area is 167 Å². The van der Waals surface area contributed by atoms with Gasteiger partial charge in [-0.2, -0.15) is 0 Å². The number of hydrogen-bond donors (Lipinski definition) is 0. The van der Waals surface area contributed by atoms with Crippen LogP contribution >= 0.6 is 11.8 Å². The van der Waals surface area contributed by atoms with Gasteiger partial charge in [-0.3, -0.25) is 14.5 Å². The summed E-state index contributed by atoms with van der Waals surface area (Å²) in [5, 5.41) is -0.283. The summed E-state index contributed by atoms with van der Waals surface area (Å²) in [5.74, 6) is -0.220. The highest BCUT2D eigenvalue weighted by Gasteiger charge is 2.34. The molecule has 2 amide bonds. The lowest BCUT2D eigenvalue weighted by Crippen LogP contribution is -2.27. The number of ether oxygens (including phenoxy) is 2. The van der Waals surface area contributed by atoms with E-state index in [2.05, 4.69) is 0 Å². The molecule has 1 aliphatic heterocycles. The van der Waals surface area contributed by atoms with E-state index in [1.807, 2.05) is 30.3 Å². The van der Waals surface area contributed by atoms with E-state index in [4.69, 9.17) is 9.47 Å². The van der Waals surface area contributed by atoms with Crippen LogP contribution in [-0.4, -0.2) is 35.2 Å². The van der Waals surface area contributed by atoms with Crippen LogP contribution in [0, 0.1) is 0 Å². The molecular formula is C21H19NO5S. The zero-order valence-corrected chi connectivity index (χ0v) is 16.1. The molecule has 0 N–H and O–H groups in total. The molecule has 144 valence electrons. The number of nitrogens with zero attached hydrogens (tertiary/aromatic N) is 1. The number of thioether (sulfide) groups is 1. The number of imide groups is 1. The van der Waals surface area contributed by atoms with Gasteiger partial charge in [-0.25, -0.2) is 4.79 Å². The molecule has 1 saturated heterocycles. The molecule has 2 aromatic rings. The predicted octanol–water partition coefficient (Wildman–Crippen LogP) is 3.87. The maximum Gasteiger partial charge on any atom is 0.344 e. The maximum absolute atomic E-state index is 12.6. The maximum atomic E-state index is 12.6. The molecule has 6 nitrogen and oxygen atoms in total. The van der Waals surface area contributed by atoms with Crippen LogP contribution in [0.15, 0.2) is 59.5 Å². The summed E-state index contributed by atoms with van der Waals surface area (Å²) in [6.45, 7) is 2.13. The molecule has 0 atom stereocenters. The Bertz CT molecular complexity index is 893. The predicted molar refractivity (Wildman–Crippen MR) is 107 cm³/mol. The molecular weight excluding hydrogens is 378 g/mol. The van der Waals surface area contributed by atoms with Crippen LogP contribution in [0.2, 0.25) is 0 Å². The lowest BCUT2D eigenvalue weighted by molar-refractivity contribution is -0.145. The molecule has 0 aliphatic carbocycles. The van der Waals surface area contributed by atoms with Gasteiger partial charge in [-0.1, -0.05) is 42.5 Å². The summed E-state index contributed by atoms with van der Waals surface area (Å²) in [4.78, 5) is 37.7. The Hall–Kier alpha value is -3.06. The first kappa shape index (κ1) is 19.7. The molecule has 0 aromatic heterocycles. The molecule has 1 aliphatic rings. The van der Waals surface area contributed by atoms with Crippen molar-refractivity contribution in [3.05, 3.63) is 70.6 Å². The largest absolute Gasteiger partial charge is 0.482 e. The number of hydrogen-bond acceptors (Lipinski definition) is 6. The van der Waals surface area contributed by atoms with E-state index in [1.54, 1.807) is 37.3 Å². The summed E-state index contributed by atoms with van der Waals surface area (Å²) in [5.41, 5.74) is 1.66. The van der Waals surface area contributed by atoms with Crippen LogP contribution in [0.3, 0.4) is 0 Å². The molecule has 0 spiro atoms. The van der Waals surface area contributed by atoms with Gasteiger partial charge in [0.25, 0.3) is 11.1 Å². The van der Waals surface area contributed by atoms with Crippen molar-refractivity contribution in [3.8, 4) is 5.75 Å². The van der Waals surface area contributed by atoms with Crippen molar-refractivity contribution in [2.24, 2.45) is 0 Å². The second-order valence-electron chi connectivity index (χ2n) is 5.92. The smallest absolute Gasteiger partial charge is 0.344 e. The molecule has 2 aromatic carbocycles. The topological polar surface area (TPSA) is 72.9 Å². The molecule has 1 heterocycles. The van der Waals surface area contributed by atoms with Gasteiger partial charge in [0.15, 0.2) is 6.61 Å². The molecule has 0 bridgehead atoms. The van der Waals surface area contributed by atoms with Crippen molar-refractivity contribution in [1.82, 2.24) is 4.90 Å². The summed E-state index contributed by atoms with van der Waals surface area (Å²) < 4.78 is 10.1. The zero-order valence-electron chi connectivity index (χ0n) is 15.3. The number of amides is 2. The highest BCUT2D eigenvalue weighted by atomic mass is 32.2. The van der Waals surface area contributed by atoms with Gasteiger partial charge in [-0.05, 0) is 48.0 Å². The van der Waals surface area contributed by atoms with Crippen molar-refractivity contribution in [3.63, 3.8) is 0 Å². The minimum absolute atomic E-state index is 0.161. The lowest BCUT2D eigenvalue weighted by Gasteiger charge is -2.12. The second kappa shape index (κ2) is 9.23. The number of esters is 1. The van der Waals surface area contributed by atoms with Gasteiger partial charge in [0, 0.05) is 0 Å². The highest BCUT2D eigenvalue weighted by Crippen LogP contribution is 2.33. The zero-order chi connectivity index (χ0) is 19.9. The molecule has 0 radical (unpaired) electrons. The quantitative estimate of drug-likeness (QED) is 0.522. The van der Waals surface area contributed by atoms with Crippen molar-refractivity contribution in [2.45, 2.75) is 13.5 Å². The van der Waals surface area contributed by atoms with E-state index in [0.29, 0.717) is 17.3 Å². The van der Waals surface area contributed by atoms with Gasteiger partial charge in [-0.15, -0.1) is 0 Å². The minimum Gasteiger partial charge on any atom is -0.482 e. The van der Waals surface area contributed by atoms with Crippen molar-refractivity contribution < 1.29 is 23.9 Å². The average molecular weight is 397 g/mol. The molecule has 3 rings (SSSR count). The van der Waals surface area contributed by atoms with Crippen LogP contribution in [0.4, 0.5) is 4.79 Å². The first-order chi connectivity index (χ1) is 13.6. The molecule has 28 heavy (non-hydrogen) atoms. The van der Waals surface area contributed by atoms with Crippen LogP contribution in [0.5, 0.6) is 5.75 Å². The van der Waals surface area contributed by atoms with E-state index in [9.17, 15) is 14.4 Å². The number of carbonyl (C=O) groups is 3. The monoisotopic (exact) mass is 397 g/mol. The van der Waals surface area contributed by atoms with Crippen molar-refractivity contribution >= 4 is 35.0 Å². The van der Waals surface area contributed by atoms with Crippen LogP contribution in [0.1, 0.15) is 18.1 Å². The van der Waals surface area contributed by atoms with Crippen molar-refractivity contribution in [1.29, 1.82) is 0 Å². The summed E-state index contributed by atoms with van der Waals surface area (Å²) >= 11 is 0.926. The Morgan fingerprint density at radius 2 is 1.79 bits per heavy atom. The third kappa shape index (κ3) is 5.01. The van der Waals surface area contributed by atoms with Crippen LogP contribution in [0.25, 0.3) is 6.08 Å². The fourth-order valence-electron chi connectivity index (χ4n) is 2.56. The molecule has 7 heteroatoms. The Morgan fingerprint density at radius 3 is 2.46 bits per heavy atom. The number of rotatable bonds is 7. The van der Waals surface area contributed by atoms with Gasteiger partial charge < -0.3 is 9.47 Å². The Kier molecular flexibility index (Phi) is 6.49. The number of carbonyl (C=O) groups excluding carboxylic acids is 3. The van der Waals surface area contributed by atoms with Gasteiger partial charge in [0.2, 0.25) is 0 Å². The van der Waals surface area contributed by atoms with Crippen LogP contribution in [-0.2, 0) is 20.9 Å². The van der Waals surface area contributed by atoms with Gasteiger partial charge in [0.05, 0.1) is 18.1 Å². The average Bonchev–Trinajstić information content (AvgIpc) is 2.96. The highest BCUT2D eigenvalue weighted by molar-refractivity contribution is 8.18. The second-order valence-corrected chi connectivity index (χ2v) is 6.91. The fourth-order valence-corrected chi connectivity index (χ4v) is 3.40. The van der Waals surface area contributed by atoms with E-state index in [0.717, 1.165) is 22.9 Å². The minimum atomic E-state index is -0.432. The SMILES string of the molecule is CCOC(=O)COc1ccc(/C=C2\SC(=O)N(Cc3ccccc3)C2=O)cc1. The first-order valence-corrected chi connectivity index (χ1v) is 9.56. The third-order valence-corrected chi connectivity index (χ3v) is 4.80. The normalized spacial score (nSPS) is 15.2.